The maximum absolute atomic E-state index is 12.2. The molecular formula is C21H21NO4S. The first-order valence-corrected chi connectivity index (χ1v) is 10.4. The summed E-state index contributed by atoms with van der Waals surface area (Å²) in [5.41, 5.74) is 3.40. The first-order chi connectivity index (χ1) is 12.9. The Morgan fingerprint density at radius 3 is 2.00 bits per heavy atom. The van der Waals surface area contributed by atoms with Crippen molar-refractivity contribution in [3.63, 3.8) is 0 Å². The molecule has 0 unspecified atom stereocenters. The van der Waals surface area contributed by atoms with Crippen molar-refractivity contribution in [3.8, 4) is 0 Å². The highest BCUT2D eigenvalue weighted by molar-refractivity contribution is 7.85. The van der Waals surface area contributed by atoms with Gasteiger partial charge in [0.1, 0.15) is 0 Å². The summed E-state index contributed by atoms with van der Waals surface area (Å²) in [4.78, 5) is 14.9. The van der Waals surface area contributed by atoms with E-state index in [-0.39, 0.29) is 24.5 Å². The quantitative estimate of drug-likeness (QED) is 0.636. The van der Waals surface area contributed by atoms with Crippen molar-refractivity contribution >= 4 is 10.1 Å². The first kappa shape index (κ1) is 19.1. The van der Waals surface area contributed by atoms with E-state index in [1.54, 1.807) is 6.20 Å². The summed E-state index contributed by atoms with van der Waals surface area (Å²) >= 11 is 0. The molecule has 1 heterocycles. The molecule has 0 aliphatic carbocycles. The second-order valence-corrected chi connectivity index (χ2v) is 7.96. The fourth-order valence-electron chi connectivity index (χ4n) is 3.07. The molecule has 0 amide bonds. The van der Waals surface area contributed by atoms with Crippen LogP contribution in [0.2, 0.25) is 0 Å². The Bertz CT molecular complexity index is 1000. The number of rotatable bonds is 7. The summed E-state index contributed by atoms with van der Waals surface area (Å²) in [5, 5.41) is 0. The first-order valence-electron chi connectivity index (χ1n) is 8.60. The minimum atomic E-state index is -3.53. The van der Waals surface area contributed by atoms with Crippen molar-refractivity contribution in [2.75, 3.05) is 12.9 Å². The molecule has 0 saturated heterocycles. The van der Waals surface area contributed by atoms with Gasteiger partial charge in [-0.15, -0.1) is 0 Å². The molecule has 0 saturated carbocycles. The Labute approximate surface area is 158 Å². The highest BCUT2D eigenvalue weighted by Gasteiger charge is 2.18. The Balaban J connectivity index is 1.98. The van der Waals surface area contributed by atoms with Gasteiger partial charge in [0.05, 0.1) is 12.9 Å². The van der Waals surface area contributed by atoms with Gasteiger partial charge in [0, 0.05) is 24.1 Å². The van der Waals surface area contributed by atoms with Crippen LogP contribution in [0.15, 0.2) is 77.7 Å². The SMILES string of the molecule is CS(=O)(=O)OCCc1cc(C(c2ccccc2)c2ccccc2)c[nH]c1=O. The van der Waals surface area contributed by atoms with E-state index in [2.05, 4.69) is 29.2 Å². The Hall–Kier alpha value is -2.70. The van der Waals surface area contributed by atoms with E-state index >= 15 is 0 Å². The molecule has 140 valence electrons. The van der Waals surface area contributed by atoms with Crippen LogP contribution in [0.3, 0.4) is 0 Å². The van der Waals surface area contributed by atoms with E-state index in [1.165, 1.54) is 0 Å². The molecule has 1 N–H and O–H groups in total. The number of aromatic amines is 1. The van der Waals surface area contributed by atoms with Gasteiger partial charge >= 0.3 is 0 Å². The number of H-pyrrole nitrogens is 1. The lowest BCUT2D eigenvalue weighted by atomic mass is 9.85. The molecule has 3 rings (SSSR count). The van der Waals surface area contributed by atoms with E-state index in [0.717, 1.165) is 22.9 Å². The summed E-state index contributed by atoms with van der Waals surface area (Å²) in [6.07, 6.45) is 2.93. The van der Waals surface area contributed by atoms with Gasteiger partial charge in [0.2, 0.25) is 0 Å². The van der Waals surface area contributed by atoms with Crippen LogP contribution in [0.5, 0.6) is 0 Å². The Kier molecular flexibility index (Phi) is 5.88. The minimum absolute atomic E-state index is 0.0428. The molecule has 1 aromatic heterocycles. The topological polar surface area (TPSA) is 76.2 Å². The van der Waals surface area contributed by atoms with Crippen molar-refractivity contribution < 1.29 is 12.6 Å². The van der Waals surface area contributed by atoms with Crippen LogP contribution in [-0.4, -0.2) is 26.3 Å². The second-order valence-electron chi connectivity index (χ2n) is 6.32. The summed E-state index contributed by atoms with van der Waals surface area (Å²) in [7, 11) is -3.53. The average Bonchev–Trinajstić information content (AvgIpc) is 2.65. The molecule has 0 atom stereocenters. The maximum atomic E-state index is 12.2. The zero-order chi connectivity index (χ0) is 19.3. The molecule has 0 bridgehead atoms. The van der Waals surface area contributed by atoms with E-state index in [4.69, 9.17) is 4.18 Å². The van der Waals surface area contributed by atoms with Crippen molar-refractivity contribution in [1.82, 2.24) is 4.98 Å². The number of hydrogen-bond acceptors (Lipinski definition) is 4. The number of benzene rings is 2. The molecule has 0 radical (unpaired) electrons. The summed E-state index contributed by atoms with van der Waals surface area (Å²) in [6.45, 7) is -0.0628. The number of aromatic nitrogens is 1. The Morgan fingerprint density at radius 1 is 0.926 bits per heavy atom. The molecule has 3 aromatic rings. The van der Waals surface area contributed by atoms with E-state index < -0.39 is 10.1 Å². The summed E-state index contributed by atoms with van der Waals surface area (Å²) < 4.78 is 27.1. The van der Waals surface area contributed by atoms with Crippen LogP contribution < -0.4 is 5.56 Å². The molecular weight excluding hydrogens is 362 g/mol. The number of hydrogen-bond donors (Lipinski definition) is 1. The summed E-state index contributed by atoms with van der Waals surface area (Å²) in [5.74, 6) is -0.0428. The van der Waals surface area contributed by atoms with E-state index in [1.807, 2.05) is 42.5 Å². The highest BCUT2D eigenvalue weighted by atomic mass is 32.2. The van der Waals surface area contributed by atoms with Gasteiger partial charge in [-0.3, -0.25) is 8.98 Å². The third-order valence-electron chi connectivity index (χ3n) is 4.27. The number of nitrogens with one attached hydrogen (secondary N) is 1. The fraction of sp³-hybridized carbons (Fsp3) is 0.190. The van der Waals surface area contributed by atoms with Gasteiger partial charge in [-0.2, -0.15) is 8.42 Å². The van der Waals surface area contributed by atoms with Crippen LogP contribution in [0.4, 0.5) is 0 Å². The molecule has 0 aliphatic rings. The van der Waals surface area contributed by atoms with Gasteiger partial charge in [-0.05, 0) is 22.8 Å². The van der Waals surface area contributed by atoms with Gasteiger partial charge in [-0.25, -0.2) is 0 Å². The van der Waals surface area contributed by atoms with Crippen molar-refractivity contribution in [2.45, 2.75) is 12.3 Å². The second kappa shape index (κ2) is 8.33. The van der Waals surface area contributed by atoms with Crippen LogP contribution in [0.25, 0.3) is 0 Å². The normalized spacial score (nSPS) is 11.6. The third kappa shape index (κ3) is 5.15. The van der Waals surface area contributed by atoms with Crippen molar-refractivity contribution in [2.24, 2.45) is 0 Å². The molecule has 0 aliphatic heterocycles. The molecule has 0 fully saturated rings. The lowest BCUT2D eigenvalue weighted by Crippen LogP contribution is -2.17. The summed E-state index contributed by atoms with van der Waals surface area (Å²) in [6, 6.07) is 21.9. The van der Waals surface area contributed by atoms with E-state index in [0.29, 0.717) is 5.56 Å². The van der Waals surface area contributed by atoms with Gasteiger partial charge < -0.3 is 4.98 Å². The standard InChI is InChI=1S/C21H21NO4S/c1-27(24,25)26-13-12-18-14-19(15-22-21(18)23)20(16-8-4-2-5-9-16)17-10-6-3-7-11-17/h2-11,14-15,20H,12-13H2,1H3,(H,22,23). The predicted molar refractivity (Wildman–Crippen MR) is 105 cm³/mol. The highest BCUT2D eigenvalue weighted by Crippen LogP contribution is 2.31. The molecule has 27 heavy (non-hydrogen) atoms. The lowest BCUT2D eigenvalue weighted by molar-refractivity contribution is 0.325. The van der Waals surface area contributed by atoms with Gasteiger partial charge in [0.25, 0.3) is 15.7 Å². The van der Waals surface area contributed by atoms with E-state index in [9.17, 15) is 13.2 Å². The molecule has 2 aromatic carbocycles. The predicted octanol–water partition coefficient (Wildman–Crippen LogP) is 3.07. The van der Waals surface area contributed by atoms with Gasteiger partial charge in [-0.1, -0.05) is 60.7 Å². The Morgan fingerprint density at radius 2 is 1.48 bits per heavy atom. The monoisotopic (exact) mass is 383 g/mol. The van der Waals surface area contributed by atoms with Crippen LogP contribution in [0, 0.1) is 0 Å². The van der Waals surface area contributed by atoms with Crippen LogP contribution in [0.1, 0.15) is 28.2 Å². The van der Waals surface area contributed by atoms with Crippen LogP contribution >= 0.6 is 0 Å². The lowest BCUT2D eigenvalue weighted by Gasteiger charge is -2.19. The van der Waals surface area contributed by atoms with Crippen LogP contribution in [-0.2, 0) is 20.7 Å². The van der Waals surface area contributed by atoms with Gasteiger partial charge in [0.15, 0.2) is 0 Å². The molecule has 0 spiro atoms. The largest absolute Gasteiger partial charge is 0.329 e. The third-order valence-corrected chi connectivity index (χ3v) is 4.87. The maximum Gasteiger partial charge on any atom is 0.264 e. The van der Waals surface area contributed by atoms with Crippen molar-refractivity contribution in [1.29, 1.82) is 0 Å². The fourth-order valence-corrected chi connectivity index (χ4v) is 3.46. The smallest absolute Gasteiger partial charge is 0.264 e. The zero-order valence-corrected chi connectivity index (χ0v) is 15.8. The molecule has 6 heteroatoms. The number of pyridine rings is 1. The molecule has 5 nitrogen and oxygen atoms in total. The average molecular weight is 383 g/mol. The zero-order valence-electron chi connectivity index (χ0n) is 15.0. The van der Waals surface area contributed by atoms with Crippen molar-refractivity contribution in [3.05, 3.63) is 106 Å². The minimum Gasteiger partial charge on any atom is -0.329 e.